The van der Waals surface area contributed by atoms with Gasteiger partial charge in [-0.25, -0.2) is 4.39 Å². The second kappa shape index (κ2) is 6.66. The Labute approximate surface area is 159 Å². The predicted octanol–water partition coefficient (Wildman–Crippen LogP) is 3.79. The number of amides is 1. The lowest BCUT2D eigenvalue weighted by Crippen LogP contribution is -2.34. The molecule has 7 heteroatoms. The van der Waals surface area contributed by atoms with E-state index in [1.54, 1.807) is 26.3 Å². The molecule has 1 aliphatic rings. The number of halogens is 1. The molecule has 1 atom stereocenters. The highest BCUT2D eigenvalue weighted by Crippen LogP contribution is 2.46. The maximum absolute atomic E-state index is 13.8. The van der Waals surface area contributed by atoms with E-state index >= 15 is 0 Å². The largest absolute Gasteiger partial charge is 0.496 e. The molecule has 0 bridgehead atoms. The number of methoxy groups -OCH3 is 1. The van der Waals surface area contributed by atoms with Gasteiger partial charge in [0.1, 0.15) is 17.4 Å². The molecule has 0 unspecified atom stereocenters. The normalized spacial score (nSPS) is 16.3. The lowest BCUT2D eigenvalue weighted by Gasteiger charge is -2.32. The number of ether oxygens (including phenoxy) is 1. The SMILES string of the molecule is COc1ccccc1[C@H]1CC(=O)N(c2cccc(F)c2)c2c1sc(=O)n2C. The number of para-hydroxylation sites is 1. The zero-order valence-corrected chi connectivity index (χ0v) is 15.6. The third kappa shape index (κ3) is 2.84. The van der Waals surface area contributed by atoms with Crippen LogP contribution in [0.5, 0.6) is 5.75 Å². The van der Waals surface area contributed by atoms with Gasteiger partial charge >= 0.3 is 4.87 Å². The van der Waals surface area contributed by atoms with Crippen LogP contribution in [-0.2, 0) is 11.8 Å². The second-order valence-corrected chi connectivity index (χ2v) is 7.32. The van der Waals surface area contributed by atoms with Crippen molar-refractivity contribution < 1.29 is 13.9 Å². The van der Waals surface area contributed by atoms with Gasteiger partial charge in [0.2, 0.25) is 5.91 Å². The number of fused-ring (bicyclic) bond motifs is 1. The molecule has 3 aromatic rings. The molecule has 138 valence electrons. The summed E-state index contributed by atoms with van der Waals surface area (Å²) in [6.45, 7) is 0. The molecular weight excluding hydrogens is 367 g/mol. The Hall–Kier alpha value is -2.93. The summed E-state index contributed by atoms with van der Waals surface area (Å²) in [6, 6.07) is 13.3. The zero-order chi connectivity index (χ0) is 19.1. The molecule has 1 amide bonds. The minimum Gasteiger partial charge on any atom is -0.496 e. The number of carbonyl (C=O) groups is 1. The van der Waals surface area contributed by atoms with Gasteiger partial charge in [0.25, 0.3) is 0 Å². The van der Waals surface area contributed by atoms with Crippen molar-refractivity contribution in [2.75, 3.05) is 12.0 Å². The fourth-order valence-corrected chi connectivity index (χ4v) is 4.59. The van der Waals surface area contributed by atoms with Crippen LogP contribution in [0.3, 0.4) is 0 Å². The third-order valence-corrected chi connectivity index (χ3v) is 5.88. The fourth-order valence-electron chi connectivity index (χ4n) is 3.51. The first-order valence-corrected chi connectivity index (χ1v) is 9.24. The van der Waals surface area contributed by atoms with Crippen LogP contribution in [0.15, 0.2) is 53.3 Å². The Kier molecular flexibility index (Phi) is 4.31. The second-order valence-electron chi connectivity index (χ2n) is 6.32. The molecule has 1 aliphatic heterocycles. The van der Waals surface area contributed by atoms with Crippen molar-refractivity contribution in [1.82, 2.24) is 4.57 Å². The molecule has 2 heterocycles. The number of thiazole rings is 1. The van der Waals surface area contributed by atoms with E-state index in [-0.39, 0.29) is 23.1 Å². The third-order valence-electron chi connectivity index (χ3n) is 4.75. The summed E-state index contributed by atoms with van der Waals surface area (Å²) in [4.78, 5) is 27.5. The number of carbonyl (C=O) groups excluding carboxylic acids is 1. The van der Waals surface area contributed by atoms with E-state index in [9.17, 15) is 14.0 Å². The van der Waals surface area contributed by atoms with Crippen molar-refractivity contribution >= 4 is 28.7 Å². The van der Waals surface area contributed by atoms with Gasteiger partial charge in [-0.1, -0.05) is 35.6 Å². The van der Waals surface area contributed by atoms with Crippen LogP contribution in [0.25, 0.3) is 0 Å². The van der Waals surface area contributed by atoms with E-state index in [0.29, 0.717) is 17.3 Å². The van der Waals surface area contributed by atoms with Crippen LogP contribution >= 0.6 is 11.3 Å². The first-order chi connectivity index (χ1) is 13.0. The van der Waals surface area contributed by atoms with Gasteiger partial charge in [0.05, 0.1) is 17.7 Å². The van der Waals surface area contributed by atoms with Crippen molar-refractivity contribution in [1.29, 1.82) is 0 Å². The summed E-state index contributed by atoms with van der Waals surface area (Å²) in [7, 11) is 3.21. The zero-order valence-electron chi connectivity index (χ0n) is 14.8. The van der Waals surface area contributed by atoms with Gasteiger partial charge in [0.15, 0.2) is 0 Å². The van der Waals surface area contributed by atoms with Gasteiger partial charge in [-0.05, 0) is 24.3 Å². The van der Waals surface area contributed by atoms with Gasteiger partial charge in [-0.3, -0.25) is 19.1 Å². The molecule has 27 heavy (non-hydrogen) atoms. The molecule has 0 spiro atoms. The number of nitrogens with zero attached hydrogens (tertiary/aromatic N) is 2. The van der Waals surface area contributed by atoms with E-state index in [1.807, 2.05) is 24.3 Å². The van der Waals surface area contributed by atoms with Gasteiger partial charge in [-0.15, -0.1) is 0 Å². The van der Waals surface area contributed by atoms with Crippen LogP contribution in [-0.4, -0.2) is 17.6 Å². The molecular formula is C20H17FN2O3S. The highest BCUT2D eigenvalue weighted by molar-refractivity contribution is 7.10. The number of rotatable bonds is 3. The molecule has 0 fully saturated rings. The first kappa shape index (κ1) is 17.5. The standard InChI is InChI=1S/C20H17FN2O3S/c1-22-19-18(27-20(22)25)15(14-8-3-4-9-16(14)26-2)11-17(24)23(19)13-7-5-6-12(21)10-13/h3-10,15H,11H2,1-2H3/t15-/m1/s1. The van der Waals surface area contributed by atoms with Gasteiger partial charge in [0, 0.05) is 24.9 Å². The van der Waals surface area contributed by atoms with Gasteiger partial charge < -0.3 is 4.74 Å². The van der Waals surface area contributed by atoms with E-state index in [0.717, 1.165) is 21.8 Å². The monoisotopic (exact) mass is 384 g/mol. The van der Waals surface area contributed by atoms with Crippen LogP contribution in [0.4, 0.5) is 15.9 Å². The smallest absolute Gasteiger partial charge is 0.308 e. The van der Waals surface area contributed by atoms with E-state index in [4.69, 9.17) is 4.74 Å². The number of hydrogen-bond donors (Lipinski definition) is 0. The minimum absolute atomic E-state index is 0.170. The molecule has 0 N–H and O–H groups in total. The molecule has 0 saturated carbocycles. The van der Waals surface area contributed by atoms with Crippen molar-refractivity contribution in [2.24, 2.45) is 7.05 Å². The lowest BCUT2D eigenvalue weighted by atomic mass is 9.89. The average Bonchev–Trinajstić information content (AvgIpc) is 2.96. The molecule has 0 saturated heterocycles. The Morgan fingerprint density at radius 3 is 2.67 bits per heavy atom. The lowest BCUT2D eigenvalue weighted by molar-refractivity contribution is -0.118. The molecule has 0 aliphatic carbocycles. The number of benzene rings is 2. The minimum atomic E-state index is -0.436. The van der Waals surface area contributed by atoms with Crippen LogP contribution in [0.2, 0.25) is 0 Å². The topological polar surface area (TPSA) is 51.5 Å². The van der Waals surface area contributed by atoms with Crippen LogP contribution in [0, 0.1) is 5.82 Å². The number of hydrogen-bond acceptors (Lipinski definition) is 4. The van der Waals surface area contributed by atoms with Crippen molar-refractivity contribution in [3.8, 4) is 5.75 Å². The van der Waals surface area contributed by atoms with Gasteiger partial charge in [-0.2, -0.15) is 0 Å². The maximum Gasteiger partial charge on any atom is 0.308 e. The highest BCUT2D eigenvalue weighted by Gasteiger charge is 2.38. The highest BCUT2D eigenvalue weighted by atomic mass is 32.1. The summed E-state index contributed by atoms with van der Waals surface area (Å²) in [5, 5.41) is 0. The van der Waals surface area contributed by atoms with E-state index in [1.165, 1.54) is 21.6 Å². The Morgan fingerprint density at radius 1 is 1.15 bits per heavy atom. The predicted molar refractivity (Wildman–Crippen MR) is 103 cm³/mol. The average molecular weight is 384 g/mol. The van der Waals surface area contributed by atoms with Crippen molar-refractivity contribution in [2.45, 2.75) is 12.3 Å². The Morgan fingerprint density at radius 2 is 1.93 bits per heavy atom. The fraction of sp³-hybridized carbons (Fsp3) is 0.200. The molecule has 1 aromatic heterocycles. The van der Waals surface area contributed by atoms with E-state index in [2.05, 4.69) is 0 Å². The Balaban J connectivity index is 1.93. The summed E-state index contributed by atoms with van der Waals surface area (Å²) in [6.07, 6.45) is 0.170. The molecule has 5 nitrogen and oxygen atoms in total. The van der Waals surface area contributed by atoms with Crippen molar-refractivity contribution in [3.05, 3.63) is 74.5 Å². The van der Waals surface area contributed by atoms with Crippen LogP contribution < -0.4 is 14.5 Å². The molecule has 2 aromatic carbocycles. The first-order valence-electron chi connectivity index (χ1n) is 8.42. The Bertz CT molecular complexity index is 1090. The summed E-state index contributed by atoms with van der Waals surface area (Å²) >= 11 is 1.11. The summed E-state index contributed by atoms with van der Waals surface area (Å²) in [5.41, 5.74) is 1.27. The summed E-state index contributed by atoms with van der Waals surface area (Å²) in [5.74, 6) is 0.241. The number of anilines is 2. The quantitative estimate of drug-likeness (QED) is 0.690. The van der Waals surface area contributed by atoms with Crippen molar-refractivity contribution in [3.63, 3.8) is 0 Å². The number of aromatic nitrogens is 1. The summed E-state index contributed by atoms with van der Waals surface area (Å²) < 4.78 is 20.7. The molecule has 4 rings (SSSR count). The maximum atomic E-state index is 13.8. The van der Waals surface area contributed by atoms with E-state index < -0.39 is 5.82 Å². The van der Waals surface area contributed by atoms with Crippen LogP contribution in [0.1, 0.15) is 22.8 Å². The molecule has 0 radical (unpaired) electrons.